The monoisotopic (exact) mass is 516 g/mol. The SMILES string of the molecule is Cc1ccc(N2C(=O)/C(=C\c3ccc4c(c3)OCO4)N=C2SCC(=O)C(C#N)c2nc(C)cs2)cc1. The maximum atomic E-state index is 13.4. The van der Waals surface area contributed by atoms with Crippen LogP contribution >= 0.6 is 23.1 Å². The molecule has 5 rings (SSSR count). The fourth-order valence-electron chi connectivity index (χ4n) is 3.66. The number of carbonyl (C=O) groups excluding carboxylic acids is 2. The molecule has 3 heterocycles. The fraction of sp³-hybridized carbons (Fsp3) is 0.192. The van der Waals surface area contributed by atoms with Gasteiger partial charge in [-0.15, -0.1) is 11.3 Å². The molecule has 1 amide bonds. The van der Waals surface area contributed by atoms with Crippen molar-refractivity contribution in [3.8, 4) is 17.6 Å². The molecule has 1 atom stereocenters. The molecule has 10 heteroatoms. The van der Waals surface area contributed by atoms with Crippen LogP contribution in [0, 0.1) is 25.2 Å². The van der Waals surface area contributed by atoms with Crippen molar-refractivity contribution < 1.29 is 19.1 Å². The average Bonchev–Trinajstić information content (AvgIpc) is 3.58. The summed E-state index contributed by atoms with van der Waals surface area (Å²) in [5.41, 5.74) is 3.44. The van der Waals surface area contributed by atoms with Gasteiger partial charge in [-0.2, -0.15) is 5.26 Å². The molecule has 1 aromatic heterocycles. The van der Waals surface area contributed by atoms with Gasteiger partial charge in [-0.05, 0) is 49.8 Å². The maximum absolute atomic E-state index is 13.4. The second-order valence-corrected chi connectivity index (χ2v) is 9.99. The number of fused-ring (bicyclic) bond motifs is 1. The number of rotatable bonds is 6. The van der Waals surface area contributed by atoms with Crippen molar-refractivity contribution in [2.24, 2.45) is 4.99 Å². The number of hydrogen-bond acceptors (Lipinski definition) is 9. The molecule has 2 aliphatic rings. The molecule has 0 saturated carbocycles. The lowest BCUT2D eigenvalue weighted by Crippen LogP contribution is -2.31. The van der Waals surface area contributed by atoms with Gasteiger partial charge in [0.05, 0.1) is 17.5 Å². The molecule has 8 nitrogen and oxygen atoms in total. The summed E-state index contributed by atoms with van der Waals surface area (Å²) >= 11 is 2.42. The first-order valence-electron chi connectivity index (χ1n) is 11.0. The fourth-order valence-corrected chi connectivity index (χ4v) is 5.44. The van der Waals surface area contributed by atoms with Gasteiger partial charge < -0.3 is 9.47 Å². The predicted octanol–water partition coefficient (Wildman–Crippen LogP) is 4.84. The van der Waals surface area contributed by atoms with Crippen LogP contribution in [0.5, 0.6) is 11.5 Å². The Morgan fingerprint density at radius 1 is 1.22 bits per heavy atom. The minimum atomic E-state index is -0.953. The Morgan fingerprint density at radius 2 is 2.00 bits per heavy atom. The highest BCUT2D eigenvalue weighted by Gasteiger charge is 2.33. The van der Waals surface area contributed by atoms with Crippen LogP contribution in [-0.4, -0.2) is 34.4 Å². The Labute approximate surface area is 215 Å². The van der Waals surface area contributed by atoms with Gasteiger partial charge in [0.2, 0.25) is 6.79 Å². The summed E-state index contributed by atoms with van der Waals surface area (Å²) in [4.78, 5) is 36.7. The van der Waals surface area contributed by atoms with Crippen molar-refractivity contribution in [2.75, 3.05) is 17.4 Å². The number of aryl methyl sites for hydroxylation is 2. The van der Waals surface area contributed by atoms with Crippen LogP contribution in [-0.2, 0) is 9.59 Å². The largest absolute Gasteiger partial charge is 0.454 e. The zero-order valence-electron chi connectivity index (χ0n) is 19.4. The number of aromatic nitrogens is 1. The first kappa shape index (κ1) is 23.8. The first-order chi connectivity index (χ1) is 17.4. The van der Waals surface area contributed by atoms with Crippen molar-refractivity contribution in [1.82, 2.24) is 4.98 Å². The van der Waals surface area contributed by atoms with Crippen molar-refractivity contribution >= 4 is 51.7 Å². The second-order valence-electron chi connectivity index (χ2n) is 8.16. The van der Waals surface area contributed by atoms with Crippen LogP contribution < -0.4 is 14.4 Å². The normalized spacial score (nSPS) is 16.2. The van der Waals surface area contributed by atoms with E-state index < -0.39 is 5.92 Å². The van der Waals surface area contributed by atoms with E-state index in [-0.39, 0.29) is 29.9 Å². The second kappa shape index (κ2) is 9.97. The van der Waals surface area contributed by atoms with E-state index in [4.69, 9.17) is 9.47 Å². The number of ether oxygens (including phenoxy) is 2. The van der Waals surface area contributed by atoms with Crippen LogP contribution in [0.4, 0.5) is 5.69 Å². The van der Waals surface area contributed by atoms with Crippen molar-refractivity contribution in [3.63, 3.8) is 0 Å². The lowest BCUT2D eigenvalue weighted by molar-refractivity contribution is -0.117. The van der Waals surface area contributed by atoms with Gasteiger partial charge in [-0.25, -0.2) is 9.98 Å². The number of amidine groups is 1. The van der Waals surface area contributed by atoms with Crippen LogP contribution in [0.3, 0.4) is 0 Å². The van der Waals surface area contributed by atoms with Gasteiger partial charge in [0.1, 0.15) is 10.7 Å². The highest BCUT2D eigenvalue weighted by molar-refractivity contribution is 8.14. The third-order valence-corrected chi connectivity index (χ3v) is 7.49. The number of thioether (sulfide) groups is 1. The summed E-state index contributed by atoms with van der Waals surface area (Å²) in [5.74, 6) is -0.317. The Hall–Kier alpha value is -3.94. The van der Waals surface area contributed by atoms with Crippen molar-refractivity contribution in [3.05, 3.63) is 75.4 Å². The van der Waals surface area contributed by atoms with E-state index >= 15 is 0 Å². The molecule has 3 aromatic rings. The van der Waals surface area contributed by atoms with E-state index in [1.54, 1.807) is 18.2 Å². The van der Waals surface area contributed by atoms with E-state index in [9.17, 15) is 14.9 Å². The Bertz CT molecular complexity index is 1450. The van der Waals surface area contributed by atoms with Crippen LogP contribution in [0.2, 0.25) is 0 Å². The molecule has 0 bridgehead atoms. The number of thiazole rings is 1. The number of anilines is 1. The molecule has 36 heavy (non-hydrogen) atoms. The summed E-state index contributed by atoms with van der Waals surface area (Å²) in [6.07, 6.45) is 1.68. The summed E-state index contributed by atoms with van der Waals surface area (Å²) in [7, 11) is 0. The molecule has 0 radical (unpaired) electrons. The molecule has 0 saturated heterocycles. The van der Waals surface area contributed by atoms with E-state index in [1.165, 1.54) is 16.2 Å². The van der Waals surface area contributed by atoms with Crippen molar-refractivity contribution in [1.29, 1.82) is 5.26 Å². The minimum absolute atomic E-state index is 0.0252. The van der Waals surface area contributed by atoms with Gasteiger partial charge in [0.25, 0.3) is 5.91 Å². The van der Waals surface area contributed by atoms with Gasteiger partial charge in [-0.3, -0.25) is 14.5 Å². The Balaban J connectivity index is 1.42. The quantitative estimate of drug-likeness (QED) is 0.432. The number of hydrogen-bond donors (Lipinski definition) is 0. The molecule has 0 N–H and O–H groups in total. The number of amides is 1. The highest BCUT2D eigenvalue weighted by atomic mass is 32.2. The number of Topliss-reactive ketones (excluding diaryl/α,β-unsaturated/α-hetero) is 1. The molecule has 2 aliphatic heterocycles. The third-order valence-electron chi connectivity index (χ3n) is 5.50. The zero-order chi connectivity index (χ0) is 25.2. The van der Waals surface area contributed by atoms with Crippen LogP contribution in [0.15, 0.2) is 58.5 Å². The Morgan fingerprint density at radius 3 is 2.72 bits per heavy atom. The molecule has 0 spiro atoms. The van der Waals surface area contributed by atoms with E-state index in [0.717, 1.165) is 28.6 Å². The summed E-state index contributed by atoms with van der Waals surface area (Å²) < 4.78 is 10.8. The number of ketones is 1. The summed E-state index contributed by atoms with van der Waals surface area (Å²) in [5, 5.41) is 12.2. The Kier molecular flexibility index (Phi) is 6.59. The maximum Gasteiger partial charge on any atom is 0.283 e. The van der Waals surface area contributed by atoms with Crippen LogP contribution in [0.25, 0.3) is 6.08 Å². The molecular weight excluding hydrogens is 496 g/mol. The lowest BCUT2D eigenvalue weighted by atomic mass is 10.1. The molecule has 1 unspecified atom stereocenters. The summed E-state index contributed by atoms with van der Waals surface area (Å²) in [6, 6.07) is 14.9. The van der Waals surface area contributed by atoms with Gasteiger partial charge in [0.15, 0.2) is 28.4 Å². The van der Waals surface area contributed by atoms with Crippen LogP contribution in [0.1, 0.15) is 27.7 Å². The number of nitriles is 1. The molecule has 180 valence electrons. The average molecular weight is 517 g/mol. The predicted molar refractivity (Wildman–Crippen MR) is 139 cm³/mol. The number of nitrogens with zero attached hydrogens (tertiary/aromatic N) is 4. The minimum Gasteiger partial charge on any atom is -0.454 e. The third kappa shape index (κ3) is 4.76. The molecule has 2 aromatic carbocycles. The standard InChI is InChI=1S/C26H20N4O4S2/c1-15-3-6-18(7-4-15)30-25(32)20(9-17-5-8-22-23(10-17)34-14-33-22)29-26(30)36-13-21(31)19(11-27)24-28-16(2)12-35-24/h3-10,12,19H,13-14H2,1-2H3/b20-9+. The molecular formula is C26H20N4O4S2. The number of aliphatic imine (C=N–C) groups is 1. The van der Waals surface area contributed by atoms with E-state index in [2.05, 4.69) is 16.0 Å². The topological polar surface area (TPSA) is 105 Å². The van der Waals surface area contributed by atoms with Gasteiger partial charge in [0, 0.05) is 11.1 Å². The smallest absolute Gasteiger partial charge is 0.283 e. The van der Waals surface area contributed by atoms with Crippen molar-refractivity contribution in [2.45, 2.75) is 19.8 Å². The molecule has 0 fully saturated rings. The van der Waals surface area contributed by atoms with E-state index in [0.29, 0.717) is 27.4 Å². The van der Waals surface area contributed by atoms with Gasteiger partial charge >= 0.3 is 0 Å². The van der Waals surface area contributed by atoms with E-state index in [1.807, 2.05) is 49.6 Å². The highest BCUT2D eigenvalue weighted by Crippen LogP contribution is 2.35. The number of carbonyl (C=O) groups is 2. The number of benzene rings is 2. The zero-order valence-corrected chi connectivity index (χ0v) is 21.1. The summed E-state index contributed by atoms with van der Waals surface area (Å²) in [6.45, 7) is 3.94. The van der Waals surface area contributed by atoms with Gasteiger partial charge in [-0.1, -0.05) is 35.5 Å². The lowest BCUT2D eigenvalue weighted by Gasteiger charge is -2.18. The molecule has 0 aliphatic carbocycles. The first-order valence-corrected chi connectivity index (χ1v) is 12.9.